The number of unbranched alkanes of at least 4 members (excludes halogenated alkanes) is 30. The van der Waals surface area contributed by atoms with Crippen molar-refractivity contribution in [1.82, 2.24) is 0 Å². The van der Waals surface area contributed by atoms with Gasteiger partial charge in [0.05, 0.1) is 27.2 Å². The fourth-order valence-corrected chi connectivity index (χ4v) is 10.6. The molecule has 0 aliphatic heterocycles. The number of carbonyl (C=O) groups excluding carboxylic acids is 2. The first-order valence-corrected chi connectivity index (χ1v) is 29.3. The van der Waals surface area contributed by atoms with Crippen LogP contribution in [0.5, 0.6) is 0 Å². The van der Waals surface area contributed by atoms with Gasteiger partial charge in [-0.15, -0.1) is 0 Å². The van der Waals surface area contributed by atoms with Crippen molar-refractivity contribution < 1.29 is 47.7 Å². The second-order valence-corrected chi connectivity index (χ2v) is 21.8. The Morgan fingerprint density at radius 1 is 0.515 bits per heavy atom. The molecule has 11 heteroatoms. The summed E-state index contributed by atoms with van der Waals surface area (Å²) in [7, 11) is -0.774. The molecule has 0 aliphatic rings. The summed E-state index contributed by atoms with van der Waals surface area (Å²) in [4.78, 5) is 36.7. The maximum Gasteiger partial charge on any atom is 0.385 e. The van der Waals surface area contributed by atoms with Crippen LogP contribution < -0.4 is 0 Å². The molecule has 0 aromatic rings. The van der Waals surface area contributed by atoms with Crippen molar-refractivity contribution in [2.45, 2.75) is 283 Å². The quantitative estimate of drug-likeness (QED) is 0.0136. The van der Waals surface area contributed by atoms with Crippen molar-refractivity contribution in [3.8, 4) is 0 Å². The number of nitrogens with zero attached hydrogens (tertiary/aromatic N) is 1. The highest BCUT2D eigenvalue weighted by atomic mass is 31.2. The monoisotopic (exact) mass is 957 g/mol. The predicted molar refractivity (Wildman–Crippen MR) is 276 cm³/mol. The van der Waals surface area contributed by atoms with Gasteiger partial charge in [-0.2, -0.15) is 0 Å². The fourth-order valence-electron chi connectivity index (χ4n) is 8.71. The van der Waals surface area contributed by atoms with Gasteiger partial charge in [-0.05, 0) is 64.2 Å². The minimum atomic E-state index is -4.27. The second-order valence-electron chi connectivity index (χ2n) is 19.8. The highest BCUT2D eigenvalue weighted by molar-refractivity contribution is 7.53. The molecular formula is C55H107NO9P+. The Morgan fingerprint density at radius 3 is 1.26 bits per heavy atom. The van der Waals surface area contributed by atoms with E-state index in [2.05, 4.69) is 38.2 Å². The van der Waals surface area contributed by atoms with Crippen LogP contribution in [-0.4, -0.2) is 83.6 Å². The largest absolute Gasteiger partial charge is 0.462 e. The number of hydrogen-bond donors (Lipinski definition) is 3. The minimum Gasteiger partial charge on any atom is -0.462 e. The standard InChI is InChI=1S/C55H106NO9P/c1-6-9-11-13-15-17-19-21-23-24-25-26-27-28-29-30-32-33-35-37-39-41-43-45-54(59)63-49-51(50-64-66(61,62)52(8-3)56(4,5)48-47-53(57)58)65-55(60)46-44-42-40-38-36-34-31-22-20-18-16-14-12-10-7-2/h19,21,35,37,51-53,57-58H,6-18,20,22-34,36,38-50H2,1-5H3/p+1/b21-19-,37-35-/t51-,52?/m1/s1. The van der Waals surface area contributed by atoms with E-state index in [9.17, 15) is 29.3 Å². The van der Waals surface area contributed by atoms with Crippen LogP contribution in [-0.2, 0) is 28.2 Å². The van der Waals surface area contributed by atoms with E-state index in [1.54, 1.807) is 21.0 Å². The molecule has 0 bridgehead atoms. The summed E-state index contributed by atoms with van der Waals surface area (Å²) in [6.45, 7) is 5.89. The summed E-state index contributed by atoms with van der Waals surface area (Å²) < 4.78 is 30.4. The summed E-state index contributed by atoms with van der Waals surface area (Å²) in [5.41, 5.74) is 0. The third kappa shape index (κ3) is 41.4. The molecule has 0 amide bonds. The fraction of sp³-hybridized carbons (Fsp3) is 0.891. The maximum atomic E-state index is 13.6. The Kier molecular flexibility index (Phi) is 44.8. The van der Waals surface area contributed by atoms with Crippen LogP contribution in [0.1, 0.15) is 265 Å². The molecule has 0 rings (SSSR count). The molecule has 2 unspecified atom stereocenters. The number of esters is 2. The Morgan fingerprint density at radius 2 is 0.864 bits per heavy atom. The number of aliphatic hydroxyl groups is 2. The number of allylic oxidation sites excluding steroid dienone is 4. The Balaban J connectivity index is 4.52. The van der Waals surface area contributed by atoms with Gasteiger partial charge in [0, 0.05) is 25.7 Å². The zero-order valence-electron chi connectivity index (χ0n) is 43.7. The first-order chi connectivity index (χ1) is 31.9. The Labute approximate surface area is 407 Å². The summed E-state index contributed by atoms with van der Waals surface area (Å²) in [6.07, 6.45) is 49.3. The number of carbonyl (C=O) groups is 2. The molecule has 0 heterocycles. The smallest absolute Gasteiger partial charge is 0.385 e. The zero-order valence-corrected chi connectivity index (χ0v) is 44.6. The molecule has 10 nitrogen and oxygen atoms in total. The van der Waals surface area contributed by atoms with Crippen molar-refractivity contribution >= 4 is 19.5 Å². The van der Waals surface area contributed by atoms with E-state index >= 15 is 0 Å². The van der Waals surface area contributed by atoms with Crippen molar-refractivity contribution in [1.29, 1.82) is 0 Å². The van der Waals surface area contributed by atoms with Crippen LogP contribution in [0.25, 0.3) is 0 Å². The molecule has 0 saturated heterocycles. The molecule has 0 aromatic heterocycles. The van der Waals surface area contributed by atoms with Gasteiger partial charge < -0.3 is 33.6 Å². The zero-order chi connectivity index (χ0) is 48.8. The van der Waals surface area contributed by atoms with Crippen LogP contribution in [0, 0.1) is 0 Å². The van der Waals surface area contributed by atoms with Crippen LogP contribution in [0.2, 0.25) is 0 Å². The average Bonchev–Trinajstić information content (AvgIpc) is 3.28. The third-order valence-corrected chi connectivity index (χ3v) is 15.2. The number of quaternary nitrogens is 1. The number of aliphatic hydroxyl groups excluding tert-OH is 1. The first-order valence-electron chi connectivity index (χ1n) is 27.7. The maximum absolute atomic E-state index is 13.6. The van der Waals surface area contributed by atoms with E-state index in [-0.39, 0.29) is 36.9 Å². The summed E-state index contributed by atoms with van der Waals surface area (Å²) in [5, 5.41) is 18.8. The average molecular weight is 957 g/mol. The van der Waals surface area contributed by atoms with Crippen LogP contribution in [0.15, 0.2) is 24.3 Å². The summed E-state index contributed by atoms with van der Waals surface area (Å²) >= 11 is 0. The Hall–Kier alpha value is -1.55. The van der Waals surface area contributed by atoms with E-state index < -0.39 is 44.3 Å². The lowest BCUT2D eigenvalue weighted by atomic mass is 10.0. The van der Waals surface area contributed by atoms with Crippen LogP contribution >= 0.6 is 7.60 Å². The van der Waals surface area contributed by atoms with Gasteiger partial charge in [0.15, 0.2) is 18.2 Å². The highest BCUT2D eigenvalue weighted by Gasteiger charge is 2.44. The van der Waals surface area contributed by atoms with Crippen molar-refractivity contribution in [2.24, 2.45) is 0 Å². The van der Waals surface area contributed by atoms with Crippen molar-refractivity contribution in [2.75, 3.05) is 33.9 Å². The summed E-state index contributed by atoms with van der Waals surface area (Å²) in [6, 6.07) is 0. The molecule has 66 heavy (non-hydrogen) atoms. The highest BCUT2D eigenvalue weighted by Crippen LogP contribution is 2.52. The van der Waals surface area contributed by atoms with Gasteiger partial charge in [-0.25, -0.2) is 0 Å². The van der Waals surface area contributed by atoms with Gasteiger partial charge in [-0.1, -0.05) is 199 Å². The molecule has 0 radical (unpaired) electrons. The van der Waals surface area contributed by atoms with Gasteiger partial charge in [0.2, 0.25) is 0 Å². The molecule has 0 aliphatic carbocycles. The van der Waals surface area contributed by atoms with E-state index in [1.807, 2.05) is 0 Å². The molecule has 390 valence electrons. The van der Waals surface area contributed by atoms with Crippen molar-refractivity contribution in [3.05, 3.63) is 24.3 Å². The Bertz CT molecular complexity index is 1210. The van der Waals surface area contributed by atoms with Gasteiger partial charge >= 0.3 is 19.5 Å². The number of hydrogen-bond acceptors (Lipinski definition) is 8. The van der Waals surface area contributed by atoms with E-state index in [0.29, 0.717) is 19.3 Å². The SMILES string of the molecule is CCCCCCC/C=C\CCCCCCCCCC/C=C\CCCCC(=O)OC[C@H](COP(=O)(O)C(CC)[N+](C)(C)CCC(O)O)OC(=O)CCCCCCCCCCCCCCCCC. The van der Waals surface area contributed by atoms with E-state index in [1.165, 1.54) is 167 Å². The van der Waals surface area contributed by atoms with E-state index in [4.69, 9.17) is 14.0 Å². The minimum absolute atomic E-state index is 0.0354. The molecule has 0 fully saturated rings. The van der Waals surface area contributed by atoms with E-state index in [0.717, 1.165) is 38.5 Å². The second kappa shape index (κ2) is 45.9. The van der Waals surface area contributed by atoms with Gasteiger partial charge in [0.25, 0.3) is 0 Å². The van der Waals surface area contributed by atoms with Gasteiger partial charge in [-0.3, -0.25) is 14.2 Å². The predicted octanol–water partition coefficient (Wildman–Crippen LogP) is 15.4. The van der Waals surface area contributed by atoms with Gasteiger partial charge in [0.1, 0.15) is 6.61 Å². The molecule has 3 N–H and O–H groups in total. The molecular weight excluding hydrogens is 850 g/mol. The lowest BCUT2D eigenvalue weighted by Gasteiger charge is -2.39. The first kappa shape index (κ1) is 64.5. The van der Waals surface area contributed by atoms with Crippen molar-refractivity contribution in [3.63, 3.8) is 0 Å². The number of ether oxygens (including phenoxy) is 2. The number of rotatable bonds is 50. The molecule has 3 atom stereocenters. The molecule has 0 aromatic carbocycles. The third-order valence-electron chi connectivity index (χ3n) is 13.0. The van der Waals surface area contributed by atoms with Crippen LogP contribution in [0.4, 0.5) is 0 Å². The molecule has 0 spiro atoms. The van der Waals surface area contributed by atoms with Crippen LogP contribution in [0.3, 0.4) is 0 Å². The normalized spacial score (nSPS) is 14.1. The molecule has 0 saturated carbocycles. The lowest BCUT2D eigenvalue weighted by Crippen LogP contribution is -2.50. The lowest BCUT2D eigenvalue weighted by molar-refractivity contribution is -0.903. The summed E-state index contributed by atoms with van der Waals surface area (Å²) in [5.74, 6) is -1.69. The topological polar surface area (TPSA) is 140 Å².